The van der Waals surface area contributed by atoms with Crippen LogP contribution in [0.2, 0.25) is 0 Å². The molecule has 90 valence electrons. The summed E-state index contributed by atoms with van der Waals surface area (Å²) in [6, 6.07) is 8.20. The van der Waals surface area contributed by atoms with Crippen LogP contribution in [0.5, 0.6) is 0 Å². The average molecular weight is 256 g/mol. The third-order valence-corrected chi connectivity index (χ3v) is 3.39. The SMILES string of the molecule is Cc1ccc(NCc2csnn2)c2cccnc12. The van der Waals surface area contributed by atoms with Crippen LogP contribution in [-0.4, -0.2) is 14.6 Å². The molecular weight excluding hydrogens is 244 g/mol. The van der Waals surface area contributed by atoms with Crippen molar-refractivity contribution in [3.63, 3.8) is 0 Å². The second-order valence-electron chi connectivity index (χ2n) is 4.08. The molecule has 1 aromatic carbocycles. The fraction of sp³-hybridized carbons (Fsp3) is 0.154. The summed E-state index contributed by atoms with van der Waals surface area (Å²) in [6.45, 7) is 2.76. The van der Waals surface area contributed by atoms with Crippen LogP contribution in [0, 0.1) is 6.92 Å². The fourth-order valence-electron chi connectivity index (χ4n) is 1.91. The summed E-state index contributed by atoms with van der Waals surface area (Å²) in [5.41, 5.74) is 4.26. The Hall–Kier alpha value is -2.01. The second kappa shape index (κ2) is 4.70. The van der Waals surface area contributed by atoms with Crippen LogP contribution >= 0.6 is 11.5 Å². The van der Waals surface area contributed by atoms with Gasteiger partial charge in [-0.2, -0.15) is 0 Å². The van der Waals surface area contributed by atoms with E-state index >= 15 is 0 Å². The van der Waals surface area contributed by atoms with Crippen LogP contribution in [0.15, 0.2) is 35.8 Å². The Labute approximate surface area is 109 Å². The predicted octanol–water partition coefficient (Wildman–Crippen LogP) is 3.01. The van der Waals surface area contributed by atoms with E-state index in [1.54, 1.807) is 0 Å². The number of benzene rings is 1. The molecule has 0 aliphatic carbocycles. The van der Waals surface area contributed by atoms with Crippen LogP contribution in [0.3, 0.4) is 0 Å². The number of rotatable bonds is 3. The van der Waals surface area contributed by atoms with Crippen LogP contribution in [0.1, 0.15) is 11.3 Å². The molecule has 0 unspecified atom stereocenters. The van der Waals surface area contributed by atoms with Crippen LogP contribution < -0.4 is 5.32 Å². The number of nitrogens with zero attached hydrogens (tertiary/aromatic N) is 3. The molecule has 0 spiro atoms. The van der Waals surface area contributed by atoms with E-state index in [2.05, 4.69) is 45.0 Å². The second-order valence-corrected chi connectivity index (χ2v) is 4.69. The molecule has 0 atom stereocenters. The number of pyridine rings is 1. The van der Waals surface area contributed by atoms with Crippen molar-refractivity contribution in [2.24, 2.45) is 0 Å². The van der Waals surface area contributed by atoms with Crippen molar-refractivity contribution in [2.45, 2.75) is 13.5 Å². The number of aryl methyl sites for hydroxylation is 1. The Balaban J connectivity index is 1.94. The molecular formula is C13H12N4S. The van der Waals surface area contributed by atoms with Crippen LogP contribution in [-0.2, 0) is 6.54 Å². The highest BCUT2D eigenvalue weighted by Crippen LogP contribution is 2.24. The minimum absolute atomic E-state index is 0.684. The highest BCUT2D eigenvalue weighted by Gasteiger charge is 2.04. The number of aromatic nitrogens is 3. The van der Waals surface area contributed by atoms with Crippen molar-refractivity contribution < 1.29 is 0 Å². The first kappa shape index (κ1) is 11.1. The Bertz CT molecular complexity index is 664. The van der Waals surface area contributed by atoms with Gasteiger partial charge in [0, 0.05) is 22.7 Å². The maximum atomic E-state index is 4.42. The molecule has 5 heteroatoms. The average Bonchev–Trinajstić information content (AvgIpc) is 2.92. The molecule has 0 bridgehead atoms. The number of fused-ring (bicyclic) bond motifs is 1. The molecule has 4 nitrogen and oxygen atoms in total. The monoisotopic (exact) mass is 256 g/mol. The molecule has 0 radical (unpaired) electrons. The number of hydrogen-bond donors (Lipinski definition) is 1. The minimum Gasteiger partial charge on any atom is -0.379 e. The Morgan fingerprint density at radius 2 is 2.22 bits per heavy atom. The lowest BCUT2D eigenvalue weighted by molar-refractivity contribution is 1.000. The summed E-state index contributed by atoms with van der Waals surface area (Å²) < 4.78 is 3.85. The highest BCUT2D eigenvalue weighted by molar-refractivity contribution is 7.03. The van der Waals surface area contributed by atoms with Crippen molar-refractivity contribution in [1.29, 1.82) is 0 Å². The van der Waals surface area contributed by atoms with Crippen molar-refractivity contribution >= 4 is 28.1 Å². The minimum atomic E-state index is 0.684. The summed E-state index contributed by atoms with van der Waals surface area (Å²) >= 11 is 1.37. The first-order valence-corrected chi connectivity index (χ1v) is 6.52. The predicted molar refractivity (Wildman–Crippen MR) is 73.7 cm³/mol. The third-order valence-electron chi connectivity index (χ3n) is 2.84. The van der Waals surface area contributed by atoms with E-state index < -0.39 is 0 Å². The number of anilines is 1. The van der Waals surface area contributed by atoms with Gasteiger partial charge in [0.2, 0.25) is 0 Å². The van der Waals surface area contributed by atoms with Gasteiger partial charge in [-0.05, 0) is 42.2 Å². The molecule has 0 aliphatic heterocycles. The summed E-state index contributed by atoms with van der Waals surface area (Å²) in [4.78, 5) is 4.42. The number of hydrogen-bond acceptors (Lipinski definition) is 5. The van der Waals surface area contributed by atoms with Gasteiger partial charge in [-0.1, -0.05) is 10.6 Å². The fourth-order valence-corrected chi connectivity index (χ4v) is 2.37. The summed E-state index contributed by atoms with van der Waals surface area (Å²) in [5, 5.41) is 10.5. The quantitative estimate of drug-likeness (QED) is 0.782. The molecule has 3 aromatic rings. The maximum Gasteiger partial charge on any atom is 0.0946 e. The molecule has 18 heavy (non-hydrogen) atoms. The standard InChI is InChI=1S/C13H12N4S/c1-9-4-5-12(11-3-2-6-14-13(9)11)15-7-10-8-18-17-16-10/h2-6,8,15H,7H2,1H3. The molecule has 3 rings (SSSR count). The largest absolute Gasteiger partial charge is 0.379 e. The molecule has 1 N–H and O–H groups in total. The van der Waals surface area contributed by atoms with Gasteiger partial charge in [0.15, 0.2) is 0 Å². The van der Waals surface area contributed by atoms with Crippen LogP contribution in [0.4, 0.5) is 5.69 Å². The first-order valence-electron chi connectivity index (χ1n) is 5.69. The van der Waals surface area contributed by atoms with E-state index in [9.17, 15) is 0 Å². The van der Waals surface area contributed by atoms with Crippen molar-refractivity contribution in [2.75, 3.05) is 5.32 Å². The van der Waals surface area contributed by atoms with Gasteiger partial charge in [-0.25, -0.2) is 0 Å². The highest BCUT2D eigenvalue weighted by atomic mass is 32.1. The topological polar surface area (TPSA) is 50.7 Å². The summed E-state index contributed by atoms with van der Waals surface area (Å²) in [5.74, 6) is 0. The van der Waals surface area contributed by atoms with E-state index in [1.165, 1.54) is 17.1 Å². The molecule has 0 aliphatic rings. The van der Waals surface area contributed by atoms with Crippen LogP contribution in [0.25, 0.3) is 10.9 Å². The van der Waals surface area contributed by atoms with Gasteiger partial charge in [-0.15, -0.1) is 5.10 Å². The van der Waals surface area contributed by atoms with E-state index in [0.717, 1.165) is 22.3 Å². The molecule has 0 saturated carbocycles. The smallest absolute Gasteiger partial charge is 0.0946 e. The van der Waals surface area contributed by atoms with Crippen molar-refractivity contribution in [3.05, 3.63) is 47.1 Å². The van der Waals surface area contributed by atoms with E-state index in [0.29, 0.717) is 6.54 Å². The van der Waals surface area contributed by atoms with Gasteiger partial charge in [0.05, 0.1) is 17.8 Å². The maximum absolute atomic E-state index is 4.42. The normalized spacial score (nSPS) is 10.7. The molecule has 0 amide bonds. The van der Waals surface area contributed by atoms with Crippen molar-refractivity contribution in [1.82, 2.24) is 14.6 Å². The van der Waals surface area contributed by atoms with Gasteiger partial charge in [0.1, 0.15) is 0 Å². The number of nitrogens with one attached hydrogen (secondary N) is 1. The zero-order valence-corrected chi connectivity index (χ0v) is 10.7. The zero-order chi connectivity index (χ0) is 12.4. The van der Waals surface area contributed by atoms with Gasteiger partial charge >= 0.3 is 0 Å². The van der Waals surface area contributed by atoms with E-state index in [1.807, 2.05) is 17.6 Å². The Morgan fingerprint density at radius 1 is 1.28 bits per heavy atom. The molecule has 0 saturated heterocycles. The van der Waals surface area contributed by atoms with E-state index in [4.69, 9.17) is 0 Å². The molecule has 2 heterocycles. The lowest BCUT2D eigenvalue weighted by atomic mass is 10.1. The first-order chi connectivity index (χ1) is 8.84. The lowest BCUT2D eigenvalue weighted by Crippen LogP contribution is -2.01. The Morgan fingerprint density at radius 3 is 3.06 bits per heavy atom. The summed E-state index contributed by atoms with van der Waals surface area (Å²) in [7, 11) is 0. The van der Waals surface area contributed by atoms with Crippen molar-refractivity contribution in [3.8, 4) is 0 Å². The third kappa shape index (κ3) is 2.04. The molecule has 0 fully saturated rings. The molecule has 2 aromatic heterocycles. The van der Waals surface area contributed by atoms with Gasteiger partial charge < -0.3 is 5.32 Å². The summed E-state index contributed by atoms with van der Waals surface area (Å²) in [6.07, 6.45) is 1.82. The van der Waals surface area contributed by atoms with E-state index in [-0.39, 0.29) is 0 Å². The Kier molecular flexibility index (Phi) is 2.90. The van der Waals surface area contributed by atoms with Gasteiger partial charge in [0.25, 0.3) is 0 Å². The lowest BCUT2D eigenvalue weighted by Gasteiger charge is -2.09. The zero-order valence-electron chi connectivity index (χ0n) is 9.92. The van der Waals surface area contributed by atoms with Gasteiger partial charge in [-0.3, -0.25) is 4.98 Å².